The SMILES string of the molecule is CCCCC(C(N)=O)[C@H](N)C(=O)N[C@H](C=O)Cc1ccccc1. The first kappa shape index (κ1) is 18.8. The number of rotatable bonds is 10. The number of hydrogen-bond donors (Lipinski definition) is 3. The van der Waals surface area contributed by atoms with Crippen molar-refractivity contribution in [2.45, 2.75) is 44.7 Å². The van der Waals surface area contributed by atoms with Crippen molar-refractivity contribution in [2.75, 3.05) is 0 Å². The van der Waals surface area contributed by atoms with Gasteiger partial charge in [-0.05, 0) is 18.4 Å². The van der Waals surface area contributed by atoms with Gasteiger partial charge in [0.15, 0.2) is 0 Å². The molecule has 23 heavy (non-hydrogen) atoms. The molecular formula is C17H25N3O3. The number of primary amides is 1. The van der Waals surface area contributed by atoms with Gasteiger partial charge in [0.05, 0.1) is 18.0 Å². The van der Waals surface area contributed by atoms with Gasteiger partial charge in [-0.1, -0.05) is 50.1 Å². The van der Waals surface area contributed by atoms with Crippen molar-refractivity contribution >= 4 is 18.1 Å². The second-order valence-electron chi connectivity index (χ2n) is 5.62. The van der Waals surface area contributed by atoms with Gasteiger partial charge in [0.25, 0.3) is 0 Å². The Labute approximate surface area is 136 Å². The Morgan fingerprint density at radius 2 is 1.91 bits per heavy atom. The fraction of sp³-hybridized carbons (Fsp3) is 0.471. The monoisotopic (exact) mass is 319 g/mol. The van der Waals surface area contributed by atoms with E-state index in [1.165, 1.54) is 0 Å². The van der Waals surface area contributed by atoms with E-state index in [-0.39, 0.29) is 0 Å². The number of amides is 2. The molecule has 0 fully saturated rings. The Morgan fingerprint density at radius 3 is 2.43 bits per heavy atom. The van der Waals surface area contributed by atoms with E-state index >= 15 is 0 Å². The standard InChI is InChI=1S/C17H25N3O3/c1-2-3-9-14(16(19)22)15(18)17(23)20-13(11-21)10-12-7-5-4-6-8-12/h4-8,11,13-15H,2-3,9-10,18H2,1H3,(H2,19,22)(H,20,23)/t13-,14?,15-/m0/s1. The van der Waals surface area contributed by atoms with Crippen molar-refractivity contribution in [3.8, 4) is 0 Å². The first-order chi connectivity index (χ1) is 11.0. The molecule has 0 spiro atoms. The van der Waals surface area contributed by atoms with Crippen LogP contribution in [0.3, 0.4) is 0 Å². The molecule has 1 aromatic carbocycles. The Bertz CT molecular complexity index is 519. The summed E-state index contributed by atoms with van der Waals surface area (Å²) in [7, 11) is 0. The van der Waals surface area contributed by atoms with Crippen LogP contribution in [0.5, 0.6) is 0 Å². The lowest BCUT2D eigenvalue weighted by atomic mass is 9.92. The van der Waals surface area contributed by atoms with Crippen molar-refractivity contribution in [3.63, 3.8) is 0 Å². The number of nitrogens with two attached hydrogens (primary N) is 2. The Kier molecular flexibility index (Phi) is 7.97. The van der Waals surface area contributed by atoms with E-state index in [0.29, 0.717) is 19.1 Å². The second-order valence-corrected chi connectivity index (χ2v) is 5.62. The fourth-order valence-electron chi connectivity index (χ4n) is 2.39. The van der Waals surface area contributed by atoms with Crippen LogP contribution in [0.1, 0.15) is 31.7 Å². The minimum atomic E-state index is -1.04. The minimum Gasteiger partial charge on any atom is -0.369 e. The molecule has 1 rings (SSSR count). The summed E-state index contributed by atoms with van der Waals surface area (Å²) in [6.45, 7) is 1.98. The predicted molar refractivity (Wildman–Crippen MR) is 88.3 cm³/mol. The zero-order valence-corrected chi connectivity index (χ0v) is 13.4. The third kappa shape index (κ3) is 6.20. The number of carbonyl (C=O) groups excluding carboxylic acids is 3. The van der Waals surface area contributed by atoms with Gasteiger partial charge in [-0.15, -0.1) is 0 Å². The third-order valence-corrected chi connectivity index (χ3v) is 3.76. The molecule has 0 aromatic heterocycles. The maximum absolute atomic E-state index is 12.2. The average Bonchev–Trinajstić information content (AvgIpc) is 2.54. The van der Waals surface area contributed by atoms with Gasteiger partial charge in [0.1, 0.15) is 6.29 Å². The molecule has 0 bridgehead atoms. The molecule has 1 aromatic rings. The van der Waals surface area contributed by atoms with Gasteiger partial charge < -0.3 is 21.6 Å². The van der Waals surface area contributed by atoms with Gasteiger partial charge >= 0.3 is 0 Å². The van der Waals surface area contributed by atoms with Crippen molar-refractivity contribution in [2.24, 2.45) is 17.4 Å². The van der Waals surface area contributed by atoms with E-state index < -0.39 is 29.8 Å². The van der Waals surface area contributed by atoms with Crippen molar-refractivity contribution < 1.29 is 14.4 Å². The summed E-state index contributed by atoms with van der Waals surface area (Å²) in [5.41, 5.74) is 12.1. The van der Waals surface area contributed by atoms with Crippen LogP contribution in [-0.4, -0.2) is 30.2 Å². The van der Waals surface area contributed by atoms with Crippen LogP contribution >= 0.6 is 0 Å². The number of nitrogens with one attached hydrogen (secondary N) is 1. The lowest BCUT2D eigenvalue weighted by Crippen LogP contribution is -2.52. The first-order valence-electron chi connectivity index (χ1n) is 7.84. The Hall–Kier alpha value is -2.21. The van der Waals surface area contributed by atoms with E-state index in [1.807, 2.05) is 37.3 Å². The summed E-state index contributed by atoms with van der Waals surface area (Å²) in [6, 6.07) is 7.61. The third-order valence-electron chi connectivity index (χ3n) is 3.76. The molecule has 0 aliphatic heterocycles. The highest BCUT2D eigenvalue weighted by molar-refractivity contribution is 5.90. The molecule has 6 heteroatoms. The molecule has 0 radical (unpaired) electrons. The van der Waals surface area contributed by atoms with E-state index in [1.54, 1.807) is 0 Å². The fourth-order valence-corrected chi connectivity index (χ4v) is 2.39. The molecule has 2 amide bonds. The molecule has 0 aliphatic rings. The van der Waals surface area contributed by atoms with E-state index in [2.05, 4.69) is 5.32 Å². The Balaban J connectivity index is 2.66. The topological polar surface area (TPSA) is 115 Å². The van der Waals surface area contributed by atoms with Gasteiger partial charge in [0, 0.05) is 0 Å². The smallest absolute Gasteiger partial charge is 0.238 e. The number of aldehydes is 1. The van der Waals surface area contributed by atoms with Crippen LogP contribution < -0.4 is 16.8 Å². The summed E-state index contributed by atoms with van der Waals surface area (Å²) < 4.78 is 0. The Morgan fingerprint density at radius 1 is 1.26 bits per heavy atom. The van der Waals surface area contributed by atoms with Crippen LogP contribution in [0.15, 0.2) is 30.3 Å². The molecule has 0 heterocycles. The molecule has 1 unspecified atom stereocenters. The van der Waals surface area contributed by atoms with Crippen LogP contribution in [0.25, 0.3) is 0 Å². The minimum absolute atomic E-state index is 0.374. The number of hydrogen-bond acceptors (Lipinski definition) is 4. The van der Waals surface area contributed by atoms with Crippen LogP contribution in [0, 0.1) is 5.92 Å². The van der Waals surface area contributed by atoms with Crippen LogP contribution in [0.2, 0.25) is 0 Å². The lowest BCUT2D eigenvalue weighted by molar-refractivity contribution is -0.131. The number of unbranched alkanes of at least 4 members (excludes halogenated alkanes) is 1. The quantitative estimate of drug-likeness (QED) is 0.546. The highest BCUT2D eigenvalue weighted by Gasteiger charge is 2.29. The van der Waals surface area contributed by atoms with E-state index in [9.17, 15) is 14.4 Å². The molecule has 3 atom stereocenters. The average molecular weight is 319 g/mol. The number of carbonyl (C=O) groups is 3. The first-order valence-corrected chi connectivity index (χ1v) is 7.84. The molecule has 6 nitrogen and oxygen atoms in total. The van der Waals surface area contributed by atoms with Crippen molar-refractivity contribution in [3.05, 3.63) is 35.9 Å². The second kappa shape index (κ2) is 9.74. The molecule has 5 N–H and O–H groups in total. The summed E-state index contributed by atoms with van der Waals surface area (Å²) in [5, 5.41) is 2.59. The summed E-state index contributed by atoms with van der Waals surface area (Å²) in [4.78, 5) is 34.9. The van der Waals surface area contributed by atoms with Gasteiger partial charge in [-0.25, -0.2) is 0 Å². The summed E-state index contributed by atoms with van der Waals surface area (Å²) >= 11 is 0. The van der Waals surface area contributed by atoms with Crippen LogP contribution in [0.4, 0.5) is 0 Å². The zero-order valence-electron chi connectivity index (χ0n) is 13.4. The maximum Gasteiger partial charge on any atom is 0.238 e. The van der Waals surface area contributed by atoms with Crippen molar-refractivity contribution in [1.29, 1.82) is 0 Å². The van der Waals surface area contributed by atoms with Gasteiger partial charge in [0.2, 0.25) is 11.8 Å². The molecule has 126 valence electrons. The van der Waals surface area contributed by atoms with Gasteiger partial charge in [-0.3, -0.25) is 9.59 Å². The largest absolute Gasteiger partial charge is 0.369 e. The van der Waals surface area contributed by atoms with E-state index in [0.717, 1.165) is 18.4 Å². The normalized spacial score (nSPS) is 14.5. The highest BCUT2D eigenvalue weighted by Crippen LogP contribution is 2.12. The molecule has 0 saturated carbocycles. The molecular weight excluding hydrogens is 294 g/mol. The van der Waals surface area contributed by atoms with Crippen LogP contribution in [-0.2, 0) is 20.8 Å². The van der Waals surface area contributed by atoms with E-state index in [4.69, 9.17) is 11.5 Å². The zero-order chi connectivity index (χ0) is 17.2. The summed E-state index contributed by atoms with van der Waals surface area (Å²) in [6.07, 6.45) is 3.14. The van der Waals surface area contributed by atoms with Gasteiger partial charge in [-0.2, -0.15) is 0 Å². The summed E-state index contributed by atoms with van der Waals surface area (Å²) in [5.74, 6) is -1.84. The lowest BCUT2D eigenvalue weighted by Gasteiger charge is -2.22. The number of benzene rings is 1. The van der Waals surface area contributed by atoms with Crippen molar-refractivity contribution in [1.82, 2.24) is 5.32 Å². The molecule has 0 saturated heterocycles. The predicted octanol–water partition coefficient (Wildman–Crippen LogP) is 0.532. The highest BCUT2D eigenvalue weighted by atomic mass is 16.2. The molecule has 0 aliphatic carbocycles. The maximum atomic E-state index is 12.2.